The second kappa shape index (κ2) is 8.25. The second-order valence-corrected chi connectivity index (χ2v) is 6.96. The number of nitrogens with zero attached hydrogens (tertiary/aromatic N) is 2. The molecule has 1 aromatic rings. The molecule has 0 bridgehead atoms. The fourth-order valence-corrected chi connectivity index (χ4v) is 3.86. The maximum atomic E-state index is 9.47. The molecule has 1 aromatic carbocycles. The third-order valence-corrected chi connectivity index (χ3v) is 5.31. The van der Waals surface area contributed by atoms with Gasteiger partial charge in [-0.25, -0.2) is 0 Å². The maximum Gasteiger partial charge on any atom is 0.0480 e. The van der Waals surface area contributed by atoms with Crippen LogP contribution in [-0.2, 0) is 11.3 Å². The Hall–Kier alpha value is -0.940. The number of aryl methyl sites for hydroxylation is 1. The van der Waals surface area contributed by atoms with E-state index in [-0.39, 0.29) is 6.61 Å². The Labute approximate surface area is 140 Å². The summed E-state index contributed by atoms with van der Waals surface area (Å²) in [6, 6.07) is 9.97. The lowest BCUT2D eigenvalue weighted by Gasteiger charge is -2.45. The molecule has 0 aromatic heterocycles. The Morgan fingerprint density at radius 1 is 1.13 bits per heavy atom. The van der Waals surface area contributed by atoms with Crippen molar-refractivity contribution in [2.75, 3.05) is 39.5 Å². The molecule has 4 heteroatoms. The van der Waals surface area contributed by atoms with Crippen LogP contribution in [0.2, 0.25) is 0 Å². The molecule has 0 unspecified atom stereocenters. The zero-order valence-electron chi connectivity index (χ0n) is 14.3. The molecule has 1 atom stereocenters. The molecule has 1 N–H and O–H groups in total. The van der Waals surface area contributed by atoms with E-state index in [0.29, 0.717) is 12.1 Å². The smallest absolute Gasteiger partial charge is 0.0480 e. The molecular weight excluding hydrogens is 288 g/mol. The molecule has 128 valence electrons. The largest absolute Gasteiger partial charge is 0.396 e. The van der Waals surface area contributed by atoms with Gasteiger partial charge in [0.2, 0.25) is 0 Å². The molecule has 0 saturated carbocycles. The fourth-order valence-electron chi connectivity index (χ4n) is 3.86. The quantitative estimate of drug-likeness (QED) is 0.901. The minimum absolute atomic E-state index is 0.274. The van der Waals surface area contributed by atoms with Gasteiger partial charge in [0.1, 0.15) is 0 Å². The summed E-state index contributed by atoms with van der Waals surface area (Å²) in [7, 11) is 0. The molecule has 2 saturated heterocycles. The number of aliphatic hydroxyl groups excluding tert-OH is 1. The Bertz CT molecular complexity index is 471. The normalized spacial score (nSPS) is 24.9. The van der Waals surface area contributed by atoms with Crippen molar-refractivity contribution in [3.05, 3.63) is 35.4 Å². The highest BCUT2D eigenvalue weighted by atomic mass is 16.5. The Morgan fingerprint density at radius 2 is 1.87 bits per heavy atom. The van der Waals surface area contributed by atoms with Crippen LogP contribution in [0.25, 0.3) is 0 Å². The maximum absolute atomic E-state index is 9.47. The zero-order chi connectivity index (χ0) is 16.1. The lowest BCUT2D eigenvalue weighted by Crippen LogP contribution is -2.56. The number of benzene rings is 1. The van der Waals surface area contributed by atoms with Gasteiger partial charge in [0, 0.05) is 58.1 Å². The first-order chi connectivity index (χ1) is 11.3. The first-order valence-electron chi connectivity index (χ1n) is 8.98. The van der Waals surface area contributed by atoms with Crippen LogP contribution < -0.4 is 0 Å². The van der Waals surface area contributed by atoms with Crippen molar-refractivity contribution in [3.8, 4) is 0 Å². The molecule has 0 amide bonds. The van der Waals surface area contributed by atoms with E-state index in [1.807, 2.05) is 0 Å². The molecule has 2 aliphatic rings. The van der Waals surface area contributed by atoms with Crippen LogP contribution in [0.1, 0.15) is 30.4 Å². The Morgan fingerprint density at radius 3 is 2.57 bits per heavy atom. The van der Waals surface area contributed by atoms with Crippen LogP contribution in [0, 0.1) is 6.92 Å². The van der Waals surface area contributed by atoms with Crippen LogP contribution in [0.5, 0.6) is 0 Å². The monoisotopic (exact) mass is 318 g/mol. The first kappa shape index (κ1) is 16.9. The summed E-state index contributed by atoms with van der Waals surface area (Å²) >= 11 is 0. The molecule has 2 aliphatic heterocycles. The lowest BCUT2D eigenvalue weighted by molar-refractivity contribution is -0.0116. The SMILES string of the molecule is Cc1ccc(CN2CCN(C3CCOCC3)C[C@@H]2CCO)cc1. The van der Waals surface area contributed by atoms with Crippen LogP contribution in [0.15, 0.2) is 24.3 Å². The summed E-state index contributed by atoms with van der Waals surface area (Å²) in [5, 5.41) is 9.47. The van der Waals surface area contributed by atoms with Gasteiger partial charge in [-0.3, -0.25) is 9.80 Å². The number of piperazine rings is 1. The summed E-state index contributed by atoms with van der Waals surface area (Å²) < 4.78 is 5.50. The molecule has 0 spiro atoms. The average molecular weight is 318 g/mol. The molecule has 0 radical (unpaired) electrons. The topological polar surface area (TPSA) is 35.9 Å². The van der Waals surface area contributed by atoms with E-state index in [4.69, 9.17) is 4.74 Å². The van der Waals surface area contributed by atoms with Gasteiger partial charge < -0.3 is 9.84 Å². The zero-order valence-corrected chi connectivity index (χ0v) is 14.3. The van der Waals surface area contributed by atoms with E-state index in [2.05, 4.69) is 41.0 Å². The van der Waals surface area contributed by atoms with Crippen molar-refractivity contribution < 1.29 is 9.84 Å². The van der Waals surface area contributed by atoms with Crippen LogP contribution in [-0.4, -0.2) is 66.4 Å². The summed E-state index contributed by atoms with van der Waals surface area (Å²) in [4.78, 5) is 5.19. The van der Waals surface area contributed by atoms with Crippen molar-refractivity contribution in [2.24, 2.45) is 0 Å². The van der Waals surface area contributed by atoms with Crippen molar-refractivity contribution in [1.29, 1.82) is 0 Å². The second-order valence-electron chi connectivity index (χ2n) is 6.96. The van der Waals surface area contributed by atoms with Crippen LogP contribution in [0.3, 0.4) is 0 Å². The van der Waals surface area contributed by atoms with Gasteiger partial charge in [-0.2, -0.15) is 0 Å². The molecule has 2 fully saturated rings. The predicted octanol–water partition coefficient (Wildman–Crippen LogP) is 2.04. The van der Waals surface area contributed by atoms with E-state index in [0.717, 1.165) is 58.7 Å². The minimum atomic E-state index is 0.274. The molecule has 23 heavy (non-hydrogen) atoms. The number of hydrogen-bond acceptors (Lipinski definition) is 4. The fraction of sp³-hybridized carbons (Fsp3) is 0.684. The van der Waals surface area contributed by atoms with E-state index < -0.39 is 0 Å². The molecule has 4 nitrogen and oxygen atoms in total. The highest BCUT2D eigenvalue weighted by Crippen LogP contribution is 2.22. The summed E-state index contributed by atoms with van der Waals surface area (Å²) in [5.74, 6) is 0. The van der Waals surface area contributed by atoms with E-state index in [1.165, 1.54) is 11.1 Å². The molecular formula is C19H30N2O2. The lowest BCUT2D eigenvalue weighted by atomic mass is 10.0. The standard InChI is InChI=1S/C19H30N2O2/c1-16-2-4-17(5-3-16)14-20-9-10-21(15-19(20)6-11-22)18-7-12-23-13-8-18/h2-5,18-19,22H,6-15H2,1H3/t19-/m0/s1. The predicted molar refractivity (Wildman–Crippen MR) is 92.5 cm³/mol. The van der Waals surface area contributed by atoms with Crippen LogP contribution >= 0.6 is 0 Å². The van der Waals surface area contributed by atoms with Gasteiger partial charge >= 0.3 is 0 Å². The number of rotatable bonds is 5. The number of ether oxygens (including phenoxy) is 1. The van der Waals surface area contributed by atoms with Gasteiger partial charge in [-0.05, 0) is 31.7 Å². The summed E-state index contributed by atoms with van der Waals surface area (Å²) in [5.41, 5.74) is 2.68. The van der Waals surface area contributed by atoms with Crippen molar-refractivity contribution in [2.45, 2.75) is 44.8 Å². The Balaban J connectivity index is 1.61. The van der Waals surface area contributed by atoms with Gasteiger partial charge in [-0.15, -0.1) is 0 Å². The molecule has 3 rings (SSSR count). The van der Waals surface area contributed by atoms with E-state index in [9.17, 15) is 5.11 Å². The van der Waals surface area contributed by atoms with E-state index >= 15 is 0 Å². The van der Waals surface area contributed by atoms with Gasteiger partial charge in [0.05, 0.1) is 0 Å². The van der Waals surface area contributed by atoms with Gasteiger partial charge in [-0.1, -0.05) is 29.8 Å². The third kappa shape index (κ3) is 4.54. The van der Waals surface area contributed by atoms with Gasteiger partial charge in [0.25, 0.3) is 0 Å². The summed E-state index contributed by atoms with van der Waals surface area (Å²) in [6.45, 7) is 8.51. The minimum Gasteiger partial charge on any atom is -0.396 e. The first-order valence-corrected chi connectivity index (χ1v) is 8.98. The van der Waals surface area contributed by atoms with E-state index in [1.54, 1.807) is 0 Å². The Kier molecular flexibility index (Phi) is 6.06. The van der Waals surface area contributed by atoms with Gasteiger partial charge in [0.15, 0.2) is 0 Å². The highest BCUT2D eigenvalue weighted by Gasteiger charge is 2.31. The van der Waals surface area contributed by atoms with Crippen molar-refractivity contribution >= 4 is 0 Å². The number of aliphatic hydroxyl groups is 1. The molecule has 2 heterocycles. The average Bonchev–Trinajstić information content (AvgIpc) is 2.59. The summed E-state index contributed by atoms with van der Waals surface area (Å²) in [6.07, 6.45) is 3.18. The van der Waals surface area contributed by atoms with Crippen molar-refractivity contribution in [3.63, 3.8) is 0 Å². The molecule has 0 aliphatic carbocycles. The number of hydrogen-bond donors (Lipinski definition) is 1. The highest BCUT2D eigenvalue weighted by molar-refractivity contribution is 5.21. The van der Waals surface area contributed by atoms with Crippen LogP contribution in [0.4, 0.5) is 0 Å². The van der Waals surface area contributed by atoms with Crippen molar-refractivity contribution in [1.82, 2.24) is 9.80 Å². The third-order valence-electron chi connectivity index (χ3n) is 5.31.